The predicted molar refractivity (Wildman–Crippen MR) is 93.0 cm³/mol. The minimum absolute atomic E-state index is 0. The first kappa shape index (κ1) is 19.1. The molecule has 134 valence electrons. The molecule has 3 rings (SSSR count). The second-order valence-corrected chi connectivity index (χ2v) is 7.93. The van der Waals surface area contributed by atoms with Crippen molar-refractivity contribution in [3.8, 4) is 0 Å². The number of aryl methyl sites for hydroxylation is 1. The third-order valence-electron chi connectivity index (χ3n) is 4.79. The summed E-state index contributed by atoms with van der Waals surface area (Å²) in [6.45, 7) is 3.31. The molecule has 0 saturated carbocycles. The maximum Gasteiger partial charge on any atom is 0.270 e. The molecule has 24 heavy (non-hydrogen) atoms. The van der Waals surface area contributed by atoms with Crippen molar-refractivity contribution in [2.45, 2.75) is 49.6 Å². The summed E-state index contributed by atoms with van der Waals surface area (Å²) in [5.41, 5.74) is 0.452. The van der Waals surface area contributed by atoms with Crippen molar-refractivity contribution in [2.24, 2.45) is 0 Å². The van der Waals surface area contributed by atoms with Crippen LogP contribution in [0.15, 0.2) is 23.1 Å². The number of rotatable bonds is 4. The van der Waals surface area contributed by atoms with E-state index in [0.29, 0.717) is 18.5 Å². The normalized spacial score (nSPS) is 24.2. The fraction of sp³-hybridized carbons (Fsp3) is 0.600. The Kier molecular flexibility index (Phi) is 5.85. The van der Waals surface area contributed by atoms with E-state index in [1.807, 2.05) is 6.92 Å². The molecule has 2 aliphatic heterocycles. The number of halogens is 1. The second-order valence-electron chi connectivity index (χ2n) is 6.12. The van der Waals surface area contributed by atoms with Gasteiger partial charge in [-0.3, -0.25) is 10.1 Å². The Hall–Kier alpha value is -1.22. The second kappa shape index (κ2) is 7.35. The molecule has 1 aromatic carbocycles. The van der Waals surface area contributed by atoms with E-state index < -0.39 is 14.9 Å². The van der Waals surface area contributed by atoms with E-state index in [1.165, 1.54) is 12.1 Å². The van der Waals surface area contributed by atoms with Crippen LogP contribution >= 0.6 is 12.4 Å². The zero-order chi connectivity index (χ0) is 16.6. The fourth-order valence-electron chi connectivity index (χ4n) is 3.63. The molecule has 0 aromatic heterocycles. The van der Waals surface area contributed by atoms with Gasteiger partial charge in [0.1, 0.15) is 0 Å². The number of benzene rings is 1. The maximum absolute atomic E-state index is 13.2. The highest BCUT2D eigenvalue weighted by molar-refractivity contribution is 7.89. The van der Waals surface area contributed by atoms with Gasteiger partial charge in [-0.15, -0.1) is 12.4 Å². The summed E-state index contributed by atoms with van der Waals surface area (Å²) in [7, 11) is -3.73. The predicted octanol–water partition coefficient (Wildman–Crippen LogP) is 2.09. The number of non-ortho nitro benzene ring substituents is 1. The first-order valence-electron chi connectivity index (χ1n) is 7.96. The van der Waals surface area contributed by atoms with Crippen LogP contribution in [-0.2, 0) is 16.4 Å². The smallest absolute Gasteiger partial charge is 0.270 e. The molecule has 0 radical (unpaired) electrons. The topological polar surface area (TPSA) is 92.5 Å². The summed E-state index contributed by atoms with van der Waals surface area (Å²) in [6.07, 6.45) is 3.01. The Balaban J connectivity index is 0.00000208. The van der Waals surface area contributed by atoms with Crippen molar-refractivity contribution < 1.29 is 13.3 Å². The van der Waals surface area contributed by atoms with E-state index in [0.717, 1.165) is 25.8 Å². The van der Waals surface area contributed by atoms with Gasteiger partial charge in [-0.2, -0.15) is 4.31 Å². The number of nitrogens with zero attached hydrogens (tertiary/aromatic N) is 2. The van der Waals surface area contributed by atoms with Gasteiger partial charge in [-0.05, 0) is 37.8 Å². The molecule has 2 unspecified atom stereocenters. The molecule has 2 bridgehead atoms. The lowest BCUT2D eigenvalue weighted by atomic mass is 10.1. The van der Waals surface area contributed by atoms with E-state index in [-0.39, 0.29) is 35.1 Å². The van der Waals surface area contributed by atoms with Crippen molar-refractivity contribution in [2.75, 3.05) is 13.1 Å². The standard InChI is InChI=1S/C15H21N3O4S.ClH/c1-2-11-3-4-13(18(19)20)9-15(11)23(21,22)17-12-5-6-14(17)10-16-8-7-12;/h3-4,9,12,14,16H,2,5-8,10H2,1H3;1H. The highest BCUT2D eigenvalue weighted by Crippen LogP contribution is 2.35. The highest BCUT2D eigenvalue weighted by Gasteiger charge is 2.43. The number of sulfonamides is 1. The summed E-state index contributed by atoms with van der Waals surface area (Å²) in [4.78, 5) is 10.6. The number of nitro benzene ring substituents is 1. The molecular weight excluding hydrogens is 354 g/mol. The third kappa shape index (κ3) is 3.28. The molecule has 9 heteroatoms. The largest absolute Gasteiger partial charge is 0.315 e. The van der Waals surface area contributed by atoms with Crippen molar-refractivity contribution in [1.82, 2.24) is 9.62 Å². The summed E-state index contributed by atoms with van der Waals surface area (Å²) < 4.78 is 28.1. The Morgan fingerprint density at radius 1 is 1.29 bits per heavy atom. The molecule has 0 amide bonds. The summed E-state index contributed by atoms with van der Waals surface area (Å²) in [6, 6.07) is 4.08. The molecule has 7 nitrogen and oxygen atoms in total. The number of nitrogens with one attached hydrogen (secondary N) is 1. The first-order valence-corrected chi connectivity index (χ1v) is 9.40. The van der Waals surface area contributed by atoms with E-state index in [1.54, 1.807) is 10.4 Å². The van der Waals surface area contributed by atoms with Gasteiger partial charge in [0.05, 0.1) is 9.82 Å². The Morgan fingerprint density at radius 3 is 2.67 bits per heavy atom. The van der Waals surface area contributed by atoms with Gasteiger partial charge in [-0.1, -0.05) is 13.0 Å². The minimum atomic E-state index is -3.73. The van der Waals surface area contributed by atoms with Crippen molar-refractivity contribution >= 4 is 28.1 Å². The fourth-order valence-corrected chi connectivity index (χ4v) is 5.85. The van der Waals surface area contributed by atoms with Crippen LogP contribution in [0.1, 0.15) is 31.7 Å². The van der Waals surface area contributed by atoms with Crippen molar-refractivity contribution in [1.29, 1.82) is 0 Å². The molecule has 2 heterocycles. The number of hydrogen-bond acceptors (Lipinski definition) is 5. The van der Waals surface area contributed by atoms with Gasteiger partial charge >= 0.3 is 0 Å². The van der Waals surface area contributed by atoms with Crippen LogP contribution < -0.4 is 5.32 Å². The molecule has 0 aliphatic carbocycles. The van der Waals surface area contributed by atoms with E-state index in [2.05, 4.69) is 5.32 Å². The minimum Gasteiger partial charge on any atom is -0.315 e. The lowest BCUT2D eigenvalue weighted by molar-refractivity contribution is -0.385. The van der Waals surface area contributed by atoms with Gasteiger partial charge in [0.15, 0.2) is 0 Å². The van der Waals surface area contributed by atoms with Gasteiger partial charge in [-0.25, -0.2) is 8.42 Å². The quantitative estimate of drug-likeness (QED) is 0.642. The first-order chi connectivity index (χ1) is 10.9. The zero-order valence-corrected chi connectivity index (χ0v) is 15.1. The van der Waals surface area contributed by atoms with Crippen molar-refractivity contribution in [3.63, 3.8) is 0 Å². The van der Waals surface area contributed by atoms with Crippen LogP contribution in [0, 0.1) is 10.1 Å². The number of nitro groups is 1. The summed E-state index contributed by atoms with van der Waals surface area (Å²) in [5.74, 6) is 0. The van der Waals surface area contributed by atoms with Crippen LogP contribution in [-0.4, -0.2) is 42.8 Å². The average Bonchev–Trinajstić information content (AvgIpc) is 2.80. The van der Waals surface area contributed by atoms with Crippen LogP contribution in [0.4, 0.5) is 5.69 Å². The van der Waals surface area contributed by atoms with E-state index in [4.69, 9.17) is 0 Å². The number of fused-ring (bicyclic) bond motifs is 2. The van der Waals surface area contributed by atoms with E-state index >= 15 is 0 Å². The lowest BCUT2D eigenvalue weighted by Crippen LogP contribution is -2.42. The lowest BCUT2D eigenvalue weighted by Gasteiger charge is -2.27. The summed E-state index contributed by atoms with van der Waals surface area (Å²) >= 11 is 0. The molecule has 2 fully saturated rings. The van der Waals surface area contributed by atoms with Gasteiger partial charge < -0.3 is 5.32 Å². The average molecular weight is 376 g/mol. The monoisotopic (exact) mass is 375 g/mol. The van der Waals surface area contributed by atoms with Crippen molar-refractivity contribution in [3.05, 3.63) is 33.9 Å². The van der Waals surface area contributed by atoms with Crippen LogP contribution in [0.25, 0.3) is 0 Å². The molecule has 0 spiro atoms. The van der Waals surface area contributed by atoms with Gasteiger partial charge in [0.25, 0.3) is 5.69 Å². The molecular formula is C15H22ClN3O4S. The van der Waals surface area contributed by atoms with Gasteiger partial charge in [0.2, 0.25) is 10.0 Å². The molecule has 1 aromatic rings. The third-order valence-corrected chi connectivity index (χ3v) is 6.87. The van der Waals surface area contributed by atoms with E-state index in [9.17, 15) is 18.5 Å². The summed E-state index contributed by atoms with van der Waals surface area (Å²) in [5, 5.41) is 14.3. The molecule has 1 N–H and O–H groups in total. The molecule has 2 saturated heterocycles. The Morgan fingerprint density at radius 2 is 2.00 bits per heavy atom. The highest BCUT2D eigenvalue weighted by atomic mass is 35.5. The van der Waals surface area contributed by atoms with Crippen LogP contribution in [0.3, 0.4) is 0 Å². The maximum atomic E-state index is 13.2. The van der Waals surface area contributed by atoms with Crippen LogP contribution in [0.5, 0.6) is 0 Å². The Bertz CT molecular complexity index is 711. The SMILES string of the molecule is CCc1ccc([N+](=O)[O-])cc1S(=O)(=O)N1C2CCNCC1CC2.Cl. The van der Waals surface area contributed by atoms with Crippen LogP contribution in [0.2, 0.25) is 0 Å². The Labute approximate surface area is 148 Å². The molecule has 2 aliphatic rings. The van der Waals surface area contributed by atoms with Gasteiger partial charge in [0, 0.05) is 30.8 Å². The zero-order valence-electron chi connectivity index (χ0n) is 13.5. The molecule has 2 atom stereocenters. The number of hydrogen-bond donors (Lipinski definition) is 1.